The van der Waals surface area contributed by atoms with Gasteiger partial charge < -0.3 is 14.1 Å². The van der Waals surface area contributed by atoms with E-state index in [-0.39, 0.29) is 42.6 Å². The highest BCUT2D eigenvalue weighted by molar-refractivity contribution is 6.07. The molecule has 136 valence electrons. The van der Waals surface area contributed by atoms with Crippen LogP contribution in [0.15, 0.2) is 22.8 Å². The smallest absolute Gasteiger partial charge is 0.243 e. The molecule has 2 unspecified atom stereocenters. The maximum atomic E-state index is 12.7. The standard InChI is InChI=1S/C18H24N2O5/c1-24-10-8-19(11-13-5-4-9-25-13)16(21)12-20-17(22)14-6-2-3-7-15(14)18(20)23/h4-5,9,14-15H,2-3,6-8,10-12H2,1H3. The van der Waals surface area contributed by atoms with Gasteiger partial charge in [-0.25, -0.2) is 0 Å². The highest BCUT2D eigenvalue weighted by Gasteiger charge is 2.48. The lowest BCUT2D eigenvalue weighted by Crippen LogP contribution is -2.44. The van der Waals surface area contributed by atoms with Crippen molar-refractivity contribution < 1.29 is 23.5 Å². The van der Waals surface area contributed by atoms with Crippen molar-refractivity contribution in [2.75, 3.05) is 26.8 Å². The topological polar surface area (TPSA) is 80.1 Å². The molecule has 2 heterocycles. The second-order valence-corrected chi connectivity index (χ2v) is 6.65. The first-order valence-corrected chi connectivity index (χ1v) is 8.76. The monoisotopic (exact) mass is 348 g/mol. The van der Waals surface area contributed by atoms with Gasteiger partial charge in [0.25, 0.3) is 0 Å². The number of methoxy groups -OCH3 is 1. The minimum Gasteiger partial charge on any atom is -0.467 e. The van der Waals surface area contributed by atoms with E-state index in [1.54, 1.807) is 30.4 Å². The van der Waals surface area contributed by atoms with Crippen LogP contribution >= 0.6 is 0 Å². The van der Waals surface area contributed by atoms with Crippen molar-refractivity contribution >= 4 is 17.7 Å². The van der Waals surface area contributed by atoms with Crippen molar-refractivity contribution in [3.8, 4) is 0 Å². The molecule has 25 heavy (non-hydrogen) atoms. The van der Waals surface area contributed by atoms with Gasteiger partial charge in [0.05, 0.1) is 31.3 Å². The zero-order valence-electron chi connectivity index (χ0n) is 14.5. The van der Waals surface area contributed by atoms with Gasteiger partial charge in [-0.2, -0.15) is 0 Å². The van der Waals surface area contributed by atoms with E-state index in [1.807, 2.05) is 0 Å². The number of carbonyl (C=O) groups excluding carboxylic acids is 3. The second kappa shape index (κ2) is 7.82. The van der Waals surface area contributed by atoms with E-state index in [0.717, 1.165) is 30.6 Å². The fourth-order valence-electron chi connectivity index (χ4n) is 3.71. The molecule has 1 aromatic rings. The highest BCUT2D eigenvalue weighted by atomic mass is 16.5. The molecule has 0 radical (unpaired) electrons. The predicted octanol–water partition coefficient (Wildman–Crippen LogP) is 1.43. The molecular weight excluding hydrogens is 324 g/mol. The number of hydrogen-bond acceptors (Lipinski definition) is 5. The molecule has 0 spiro atoms. The van der Waals surface area contributed by atoms with Crippen molar-refractivity contribution in [3.63, 3.8) is 0 Å². The Labute approximate surface area is 146 Å². The Hall–Kier alpha value is -2.15. The number of hydrogen-bond donors (Lipinski definition) is 0. The van der Waals surface area contributed by atoms with Gasteiger partial charge in [-0.05, 0) is 25.0 Å². The van der Waals surface area contributed by atoms with Crippen molar-refractivity contribution in [1.82, 2.24) is 9.80 Å². The number of carbonyl (C=O) groups is 3. The van der Waals surface area contributed by atoms with Gasteiger partial charge in [0.15, 0.2) is 0 Å². The summed E-state index contributed by atoms with van der Waals surface area (Å²) < 4.78 is 10.4. The van der Waals surface area contributed by atoms with E-state index >= 15 is 0 Å². The summed E-state index contributed by atoms with van der Waals surface area (Å²) in [6, 6.07) is 3.54. The fourth-order valence-corrected chi connectivity index (χ4v) is 3.71. The van der Waals surface area contributed by atoms with Gasteiger partial charge in [-0.15, -0.1) is 0 Å². The number of amides is 3. The molecule has 0 N–H and O–H groups in total. The van der Waals surface area contributed by atoms with Gasteiger partial charge in [-0.1, -0.05) is 12.8 Å². The molecule has 7 heteroatoms. The SMILES string of the molecule is COCCN(Cc1ccco1)C(=O)CN1C(=O)C2CCCCC2C1=O. The molecule has 0 aromatic carbocycles. The van der Waals surface area contributed by atoms with Crippen LogP contribution in [0.5, 0.6) is 0 Å². The zero-order valence-corrected chi connectivity index (χ0v) is 14.5. The van der Waals surface area contributed by atoms with Crippen LogP contribution in [0.25, 0.3) is 0 Å². The molecule has 2 fully saturated rings. The Morgan fingerprint density at radius 2 is 1.96 bits per heavy atom. The van der Waals surface area contributed by atoms with E-state index < -0.39 is 0 Å². The lowest BCUT2D eigenvalue weighted by atomic mass is 9.81. The van der Waals surface area contributed by atoms with Crippen LogP contribution in [0.3, 0.4) is 0 Å². The molecule has 1 aromatic heterocycles. The quantitative estimate of drug-likeness (QED) is 0.697. The molecule has 7 nitrogen and oxygen atoms in total. The molecule has 3 rings (SSSR count). The molecule has 3 amide bonds. The number of fused-ring (bicyclic) bond motifs is 1. The summed E-state index contributed by atoms with van der Waals surface area (Å²) in [7, 11) is 1.56. The summed E-state index contributed by atoms with van der Waals surface area (Å²) >= 11 is 0. The minimum atomic E-state index is -0.270. The van der Waals surface area contributed by atoms with E-state index in [0.29, 0.717) is 18.9 Å². The summed E-state index contributed by atoms with van der Waals surface area (Å²) in [5, 5.41) is 0. The number of furan rings is 1. The van der Waals surface area contributed by atoms with Gasteiger partial charge in [0.2, 0.25) is 17.7 Å². The van der Waals surface area contributed by atoms with Crippen LogP contribution in [0, 0.1) is 11.8 Å². The van der Waals surface area contributed by atoms with Gasteiger partial charge in [0, 0.05) is 13.7 Å². The van der Waals surface area contributed by atoms with Crippen LogP contribution < -0.4 is 0 Å². The summed E-state index contributed by atoms with van der Waals surface area (Å²) in [4.78, 5) is 40.5. The highest BCUT2D eigenvalue weighted by Crippen LogP contribution is 2.37. The lowest BCUT2D eigenvalue weighted by Gasteiger charge is -2.24. The van der Waals surface area contributed by atoms with E-state index in [2.05, 4.69) is 0 Å². The normalized spacial score (nSPS) is 23.0. The van der Waals surface area contributed by atoms with E-state index in [1.165, 1.54) is 0 Å². The summed E-state index contributed by atoms with van der Waals surface area (Å²) in [5.41, 5.74) is 0. The van der Waals surface area contributed by atoms with E-state index in [9.17, 15) is 14.4 Å². The van der Waals surface area contributed by atoms with Crippen LogP contribution in [0.1, 0.15) is 31.4 Å². The molecule has 1 aliphatic heterocycles. The summed E-state index contributed by atoms with van der Waals surface area (Å²) in [6.07, 6.45) is 4.99. The van der Waals surface area contributed by atoms with Gasteiger partial charge in [-0.3, -0.25) is 19.3 Å². The third kappa shape index (κ3) is 3.76. The number of imide groups is 1. The maximum Gasteiger partial charge on any atom is 0.243 e. The van der Waals surface area contributed by atoms with Gasteiger partial charge >= 0.3 is 0 Å². The number of likely N-dealkylation sites (tertiary alicyclic amines) is 1. The Bertz CT molecular complexity index is 603. The Kier molecular flexibility index (Phi) is 5.53. The first kappa shape index (κ1) is 17.7. The molecule has 1 aliphatic carbocycles. The van der Waals surface area contributed by atoms with Crippen molar-refractivity contribution in [2.45, 2.75) is 32.2 Å². The Balaban J connectivity index is 1.67. The zero-order chi connectivity index (χ0) is 17.8. The third-order valence-corrected chi connectivity index (χ3v) is 5.07. The third-order valence-electron chi connectivity index (χ3n) is 5.07. The van der Waals surface area contributed by atoms with Crippen LogP contribution in [-0.2, 0) is 25.7 Å². The van der Waals surface area contributed by atoms with Crippen molar-refractivity contribution in [1.29, 1.82) is 0 Å². The number of nitrogens with zero attached hydrogens (tertiary/aromatic N) is 2. The second-order valence-electron chi connectivity index (χ2n) is 6.65. The average molecular weight is 348 g/mol. The molecule has 1 saturated heterocycles. The molecule has 2 atom stereocenters. The predicted molar refractivity (Wildman–Crippen MR) is 88.2 cm³/mol. The minimum absolute atomic E-state index is 0.187. The average Bonchev–Trinajstić information content (AvgIpc) is 3.22. The maximum absolute atomic E-state index is 12.7. The number of rotatable bonds is 7. The van der Waals surface area contributed by atoms with Crippen molar-refractivity contribution in [3.05, 3.63) is 24.2 Å². The lowest BCUT2D eigenvalue weighted by molar-refractivity contribution is -0.147. The molecular formula is C18H24N2O5. The first-order valence-electron chi connectivity index (χ1n) is 8.76. The fraction of sp³-hybridized carbons (Fsp3) is 0.611. The molecule has 0 bridgehead atoms. The number of ether oxygens (including phenoxy) is 1. The van der Waals surface area contributed by atoms with Crippen LogP contribution in [-0.4, -0.2) is 54.3 Å². The first-order chi connectivity index (χ1) is 12.1. The summed E-state index contributed by atoms with van der Waals surface area (Å²) in [5.74, 6) is -0.454. The van der Waals surface area contributed by atoms with E-state index in [4.69, 9.17) is 9.15 Å². The molecule has 1 saturated carbocycles. The Morgan fingerprint density at radius 1 is 1.28 bits per heavy atom. The van der Waals surface area contributed by atoms with Crippen LogP contribution in [0.2, 0.25) is 0 Å². The van der Waals surface area contributed by atoms with Crippen molar-refractivity contribution in [2.24, 2.45) is 11.8 Å². The molecule has 2 aliphatic rings. The van der Waals surface area contributed by atoms with Gasteiger partial charge in [0.1, 0.15) is 12.3 Å². The largest absolute Gasteiger partial charge is 0.467 e. The Morgan fingerprint density at radius 3 is 2.52 bits per heavy atom. The van der Waals surface area contributed by atoms with Crippen LogP contribution in [0.4, 0.5) is 0 Å². The summed E-state index contributed by atoms with van der Waals surface area (Å²) in [6.45, 7) is 0.839.